The van der Waals surface area contributed by atoms with E-state index in [9.17, 15) is 0 Å². The predicted molar refractivity (Wildman–Crippen MR) is 88.9 cm³/mol. The van der Waals surface area contributed by atoms with Crippen LogP contribution in [-0.4, -0.2) is 27.2 Å². The summed E-state index contributed by atoms with van der Waals surface area (Å²) in [4.78, 5) is 2.20. The minimum atomic E-state index is 0.879. The molecule has 0 aliphatic carbocycles. The Labute approximate surface area is 128 Å². The van der Waals surface area contributed by atoms with Crippen molar-refractivity contribution in [3.63, 3.8) is 0 Å². The lowest BCUT2D eigenvalue weighted by Gasteiger charge is -2.20. The summed E-state index contributed by atoms with van der Waals surface area (Å²) >= 11 is 3.47. The number of ether oxygens (including phenoxy) is 1. The van der Waals surface area contributed by atoms with Gasteiger partial charge in [0.1, 0.15) is 5.75 Å². The van der Waals surface area contributed by atoms with E-state index in [0.29, 0.717) is 0 Å². The lowest BCUT2D eigenvalue weighted by molar-refractivity contribution is 0.415. The van der Waals surface area contributed by atoms with Gasteiger partial charge in [0.15, 0.2) is 0 Å². The van der Waals surface area contributed by atoms with Gasteiger partial charge in [0, 0.05) is 42.1 Å². The third-order valence-electron chi connectivity index (χ3n) is 3.10. The van der Waals surface area contributed by atoms with Crippen LogP contribution in [0.2, 0.25) is 0 Å². The largest absolute Gasteiger partial charge is 0.497 e. The number of nitrogens with one attached hydrogen (secondary N) is 1. The number of methoxy groups -OCH3 is 1. The van der Waals surface area contributed by atoms with Crippen LogP contribution in [0.5, 0.6) is 5.75 Å². The maximum absolute atomic E-state index is 5.24. The van der Waals surface area contributed by atoms with Crippen LogP contribution in [-0.2, 0) is 0 Å². The van der Waals surface area contributed by atoms with Gasteiger partial charge >= 0.3 is 0 Å². The molecule has 0 amide bonds. The SMILES string of the molecule is COc1cccc(N(C)CCNc2cccc(Br)c2)c1. The maximum Gasteiger partial charge on any atom is 0.120 e. The normalized spacial score (nSPS) is 10.2. The Morgan fingerprint density at radius 1 is 1.15 bits per heavy atom. The van der Waals surface area contributed by atoms with Gasteiger partial charge in [0.2, 0.25) is 0 Å². The van der Waals surface area contributed by atoms with Crippen LogP contribution in [0.1, 0.15) is 0 Å². The third-order valence-corrected chi connectivity index (χ3v) is 3.59. The number of nitrogens with zero attached hydrogens (tertiary/aromatic N) is 1. The second kappa shape index (κ2) is 7.20. The first kappa shape index (κ1) is 14.7. The van der Waals surface area contributed by atoms with Gasteiger partial charge < -0.3 is 15.0 Å². The molecule has 2 aromatic carbocycles. The summed E-state index contributed by atoms with van der Waals surface area (Å²) in [6, 6.07) is 16.3. The van der Waals surface area contributed by atoms with Crippen molar-refractivity contribution >= 4 is 27.3 Å². The molecule has 1 N–H and O–H groups in total. The summed E-state index contributed by atoms with van der Waals surface area (Å²) in [7, 11) is 3.77. The molecular weight excluding hydrogens is 316 g/mol. The highest BCUT2D eigenvalue weighted by molar-refractivity contribution is 9.10. The first-order valence-electron chi connectivity index (χ1n) is 6.53. The number of hydrogen-bond acceptors (Lipinski definition) is 3. The van der Waals surface area contributed by atoms with E-state index in [2.05, 4.69) is 51.4 Å². The maximum atomic E-state index is 5.24. The van der Waals surface area contributed by atoms with Gasteiger partial charge in [0.25, 0.3) is 0 Å². The van der Waals surface area contributed by atoms with Crippen molar-refractivity contribution in [3.05, 3.63) is 53.0 Å². The van der Waals surface area contributed by atoms with Gasteiger partial charge in [-0.05, 0) is 30.3 Å². The first-order valence-corrected chi connectivity index (χ1v) is 7.33. The molecule has 0 radical (unpaired) electrons. The molecule has 106 valence electrons. The molecule has 0 bridgehead atoms. The standard InChI is InChI=1S/C16H19BrN2O/c1-19(15-7-4-8-16(12-15)20-2)10-9-18-14-6-3-5-13(17)11-14/h3-8,11-12,18H,9-10H2,1-2H3. The molecule has 3 nitrogen and oxygen atoms in total. The van der Waals surface area contributed by atoms with E-state index >= 15 is 0 Å². The van der Waals surface area contributed by atoms with Crippen LogP contribution in [0.3, 0.4) is 0 Å². The minimum absolute atomic E-state index is 0.879. The Morgan fingerprint density at radius 3 is 2.70 bits per heavy atom. The number of rotatable bonds is 6. The van der Waals surface area contributed by atoms with Crippen molar-refractivity contribution in [1.29, 1.82) is 0 Å². The van der Waals surface area contributed by atoms with Gasteiger partial charge in [-0.25, -0.2) is 0 Å². The van der Waals surface area contributed by atoms with E-state index in [1.54, 1.807) is 7.11 Å². The lowest BCUT2D eigenvalue weighted by atomic mass is 10.2. The monoisotopic (exact) mass is 334 g/mol. The lowest BCUT2D eigenvalue weighted by Crippen LogP contribution is -2.24. The molecule has 20 heavy (non-hydrogen) atoms. The summed E-state index contributed by atoms with van der Waals surface area (Å²) in [6.45, 7) is 1.80. The van der Waals surface area contributed by atoms with Crippen molar-refractivity contribution in [3.8, 4) is 5.75 Å². The number of benzene rings is 2. The molecule has 0 unspecified atom stereocenters. The van der Waals surface area contributed by atoms with Gasteiger partial charge in [-0.15, -0.1) is 0 Å². The van der Waals surface area contributed by atoms with Crippen molar-refractivity contribution in [2.24, 2.45) is 0 Å². The Morgan fingerprint density at radius 2 is 1.95 bits per heavy atom. The van der Waals surface area contributed by atoms with Gasteiger partial charge in [-0.1, -0.05) is 28.1 Å². The molecule has 0 saturated carbocycles. The fourth-order valence-electron chi connectivity index (χ4n) is 1.94. The molecule has 0 atom stereocenters. The molecule has 0 fully saturated rings. The number of hydrogen-bond donors (Lipinski definition) is 1. The fraction of sp³-hybridized carbons (Fsp3) is 0.250. The van der Waals surface area contributed by atoms with E-state index in [0.717, 1.165) is 34.7 Å². The van der Waals surface area contributed by atoms with E-state index in [1.165, 1.54) is 0 Å². The molecule has 2 aromatic rings. The second-order valence-electron chi connectivity index (χ2n) is 4.56. The molecular formula is C16H19BrN2O. The zero-order valence-electron chi connectivity index (χ0n) is 11.8. The van der Waals surface area contributed by atoms with Gasteiger partial charge in [0.05, 0.1) is 7.11 Å². The fourth-order valence-corrected chi connectivity index (χ4v) is 2.34. The van der Waals surface area contributed by atoms with Crippen LogP contribution < -0.4 is 15.0 Å². The van der Waals surface area contributed by atoms with Crippen molar-refractivity contribution in [2.45, 2.75) is 0 Å². The summed E-state index contributed by atoms with van der Waals surface area (Å²) in [6.07, 6.45) is 0. The van der Waals surface area contributed by atoms with Crippen LogP contribution in [0.4, 0.5) is 11.4 Å². The summed E-state index contributed by atoms with van der Waals surface area (Å²) in [5, 5.41) is 3.41. The van der Waals surface area contributed by atoms with Crippen molar-refractivity contribution < 1.29 is 4.74 Å². The number of halogens is 1. The zero-order valence-corrected chi connectivity index (χ0v) is 13.4. The summed E-state index contributed by atoms with van der Waals surface area (Å²) < 4.78 is 6.33. The molecule has 4 heteroatoms. The predicted octanol–water partition coefficient (Wildman–Crippen LogP) is 4.01. The Balaban J connectivity index is 1.87. The number of anilines is 2. The molecule has 0 aliphatic rings. The average molecular weight is 335 g/mol. The summed E-state index contributed by atoms with van der Waals surface area (Å²) in [5.74, 6) is 0.884. The van der Waals surface area contributed by atoms with E-state index in [4.69, 9.17) is 4.74 Å². The van der Waals surface area contributed by atoms with E-state index < -0.39 is 0 Å². The van der Waals surface area contributed by atoms with Crippen molar-refractivity contribution in [2.75, 3.05) is 37.5 Å². The van der Waals surface area contributed by atoms with Crippen molar-refractivity contribution in [1.82, 2.24) is 0 Å². The molecule has 0 aliphatic heterocycles. The van der Waals surface area contributed by atoms with E-state index in [1.807, 2.05) is 30.3 Å². The molecule has 0 heterocycles. The Kier molecular flexibility index (Phi) is 5.30. The van der Waals surface area contributed by atoms with Gasteiger partial charge in [-0.3, -0.25) is 0 Å². The minimum Gasteiger partial charge on any atom is -0.497 e. The topological polar surface area (TPSA) is 24.5 Å². The van der Waals surface area contributed by atoms with Gasteiger partial charge in [-0.2, -0.15) is 0 Å². The smallest absolute Gasteiger partial charge is 0.120 e. The van der Waals surface area contributed by atoms with Crippen LogP contribution >= 0.6 is 15.9 Å². The highest BCUT2D eigenvalue weighted by Crippen LogP contribution is 2.20. The zero-order chi connectivity index (χ0) is 14.4. The van der Waals surface area contributed by atoms with Crippen LogP contribution in [0.25, 0.3) is 0 Å². The highest BCUT2D eigenvalue weighted by atomic mass is 79.9. The third kappa shape index (κ3) is 4.17. The molecule has 0 aromatic heterocycles. The number of likely N-dealkylation sites (N-methyl/N-ethyl adjacent to an activating group) is 1. The quantitative estimate of drug-likeness (QED) is 0.863. The first-order chi connectivity index (χ1) is 9.69. The van der Waals surface area contributed by atoms with Crippen LogP contribution in [0.15, 0.2) is 53.0 Å². The summed E-state index contributed by atoms with van der Waals surface area (Å²) in [5.41, 5.74) is 2.28. The van der Waals surface area contributed by atoms with Crippen LogP contribution in [0, 0.1) is 0 Å². The Hall–Kier alpha value is -1.68. The molecule has 0 spiro atoms. The molecule has 0 saturated heterocycles. The highest BCUT2D eigenvalue weighted by Gasteiger charge is 2.02. The Bertz CT molecular complexity index is 560. The average Bonchev–Trinajstić information content (AvgIpc) is 2.47. The molecule has 2 rings (SSSR count). The second-order valence-corrected chi connectivity index (χ2v) is 5.48. The van der Waals surface area contributed by atoms with E-state index in [-0.39, 0.29) is 0 Å².